The van der Waals surface area contributed by atoms with Crippen molar-refractivity contribution >= 4 is 0 Å². The zero-order valence-corrected chi connectivity index (χ0v) is 13.0. The first-order chi connectivity index (χ1) is 9.58. The Morgan fingerprint density at radius 3 is 2.60 bits per heavy atom. The highest BCUT2D eigenvalue weighted by Gasteiger charge is 2.37. The van der Waals surface area contributed by atoms with Crippen LogP contribution in [0.1, 0.15) is 70.5 Å². The number of aromatic nitrogens is 2. The van der Waals surface area contributed by atoms with Gasteiger partial charge in [-0.15, -0.1) is 0 Å². The molecule has 1 saturated carbocycles. The van der Waals surface area contributed by atoms with Crippen molar-refractivity contribution in [1.82, 2.24) is 15.5 Å². The van der Waals surface area contributed by atoms with E-state index >= 15 is 0 Å². The number of hydrogen-bond acceptors (Lipinski definition) is 4. The molecule has 0 bridgehead atoms. The molecule has 2 aliphatic rings. The monoisotopic (exact) mass is 277 g/mol. The molecule has 1 aliphatic heterocycles. The third-order valence-corrected chi connectivity index (χ3v) is 5.41. The fourth-order valence-electron chi connectivity index (χ4n) is 3.69. The van der Waals surface area contributed by atoms with Gasteiger partial charge in [0.15, 0.2) is 5.82 Å². The van der Waals surface area contributed by atoms with Gasteiger partial charge in [-0.1, -0.05) is 19.0 Å². The van der Waals surface area contributed by atoms with Crippen LogP contribution < -0.4 is 5.32 Å². The van der Waals surface area contributed by atoms with Crippen molar-refractivity contribution in [3.05, 3.63) is 11.7 Å². The molecule has 4 heteroatoms. The first-order valence-corrected chi connectivity index (χ1v) is 8.13. The van der Waals surface area contributed by atoms with Crippen LogP contribution in [0.3, 0.4) is 0 Å². The molecule has 1 aromatic heterocycles. The maximum Gasteiger partial charge on any atom is 0.233 e. The van der Waals surface area contributed by atoms with Crippen LogP contribution in [0.15, 0.2) is 4.52 Å². The van der Waals surface area contributed by atoms with E-state index in [1.165, 1.54) is 25.7 Å². The van der Waals surface area contributed by atoms with Crippen LogP contribution in [0.2, 0.25) is 0 Å². The van der Waals surface area contributed by atoms with E-state index in [0.29, 0.717) is 5.92 Å². The Balaban J connectivity index is 1.66. The van der Waals surface area contributed by atoms with Gasteiger partial charge in [0.1, 0.15) is 0 Å². The van der Waals surface area contributed by atoms with Crippen molar-refractivity contribution in [1.29, 1.82) is 0 Å². The molecule has 0 spiro atoms. The third kappa shape index (κ3) is 2.62. The second-order valence-electron chi connectivity index (χ2n) is 7.30. The zero-order valence-electron chi connectivity index (χ0n) is 13.0. The fraction of sp³-hybridized carbons (Fsp3) is 0.875. The first kappa shape index (κ1) is 14.1. The maximum atomic E-state index is 5.58. The van der Waals surface area contributed by atoms with Gasteiger partial charge in [0, 0.05) is 12.5 Å². The molecule has 2 heterocycles. The Labute approximate surface area is 121 Å². The van der Waals surface area contributed by atoms with Crippen molar-refractivity contribution in [3.8, 4) is 0 Å². The van der Waals surface area contributed by atoms with Crippen molar-refractivity contribution in [2.24, 2.45) is 11.8 Å². The summed E-state index contributed by atoms with van der Waals surface area (Å²) >= 11 is 0. The predicted molar refractivity (Wildman–Crippen MR) is 78.7 cm³/mol. The van der Waals surface area contributed by atoms with Crippen molar-refractivity contribution in [3.63, 3.8) is 0 Å². The molecular weight excluding hydrogens is 250 g/mol. The largest absolute Gasteiger partial charge is 0.339 e. The van der Waals surface area contributed by atoms with Gasteiger partial charge in [-0.25, -0.2) is 0 Å². The lowest BCUT2D eigenvalue weighted by Crippen LogP contribution is -2.25. The molecule has 0 radical (unpaired) electrons. The minimum atomic E-state index is 0.0420. The van der Waals surface area contributed by atoms with Crippen molar-refractivity contribution in [2.75, 3.05) is 13.1 Å². The van der Waals surface area contributed by atoms with Gasteiger partial charge in [-0.2, -0.15) is 4.98 Å². The topological polar surface area (TPSA) is 51.0 Å². The van der Waals surface area contributed by atoms with Crippen LogP contribution in [0, 0.1) is 11.8 Å². The number of nitrogens with zero attached hydrogens (tertiary/aromatic N) is 2. The molecule has 1 atom stereocenters. The number of hydrogen-bond donors (Lipinski definition) is 1. The highest BCUT2D eigenvalue weighted by molar-refractivity contribution is 5.09. The lowest BCUT2D eigenvalue weighted by Gasteiger charge is -2.29. The minimum absolute atomic E-state index is 0.0420. The molecule has 3 rings (SSSR count). The Hall–Kier alpha value is -0.900. The Morgan fingerprint density at radius 2 is 2.00 bits per heavy atom. The van der Waals surface area contributed by atoms with E-state index in [0.717, 1.165) is 43.1 Å². The summed E-state index contributed by atoms with van der Waals surface area (Å²) in [5, 5.41) is 7.68. The lowest BCUT2D eigenvalue weighted by molar-refractivity contribution is 0.250. The Kier molecular flexibility index (Phi) is 3.85. The molecule has 112 valence electrons. The number of rotatable bonds is 3. The zero-order chi connectivity index (χ0) is 14.2. The smallest absolute Gasteiger partial charge is 0.233 e. The van der Waals surface area contributed by atoms with Crippen LogP contribution >= 0.6 is 0 Å². The van der Waals surface area contributed by atoms with Crippen LogP contribution in [0.25, 0.3) is 0 Å². The van der Waals surface area contributed by atoms with Gasteiger partial charge < -0.3 is 9.84 Å². The summed E-state index contributed by atoms with van der Waals surface area (Å²) in [5.41, 5.74) is 0.0420. The second kappa shape index (κ2) is 5.47. The minimum Gasteiger partial charge on any atom is -0.339 e. The van der Waals surface area contributed by atoms with E-state index < -0.39 is 0 Å². The Bertz CT molecular complexity index is 440. The summed E-state index contributed by atoms with van der Waals surface area (Å²) in [6, 6.07) is 0. The van der Waals surface area contributed by atoms with E-state index in [-0.39, 0.29) is 5.41 Å². The van der Waals surface area contributed by atoms with Crippen LogP contribution in [-0.4, -0.2) is 23.2 Å². The van der Waals surface area contributed by atoms with Crippen molar-refractivity contribution in [2.45, 2.75) is 64.2 Å². The maximum absolute atomic E-state index is 5.58. The summed E-state index contributed by atoms with van der Waals surface area (Å²) < 4.78 is 5.58. The van der Waals surface area contributed by atoms with E-state index in [2.05, 4.69) is 31.2 Å². The van der Waals surface area contributed by atoms with Gasteiger partial charge in [-0.3, -0.25) is 0 Å². The quantitative estimate of drug-likeness (QED) is 0.921. The van der Waals surface area contributed by atoms with Gasteiger partial charge in [0.25, 0.3) is 0 Å². The molecule has 1 aromatic rings. The summed E-state index contributed by atoms with van der Waals surface area (Å²) in [4.78, 5) is 4.74. The molecule has 1 unspecified atom stereocenters. The summed E-state index contributed by atoms with van der Waals surface area (Å²) in [6.45, 7) is 8.90. The van der Waals surface area contributed by atoms with E-state index in [1.807, 2.05) is 0 Å². The average molecular weight is 277 g/mol. The molecule has 0 aromatic carbocycles. The standard InChI is InChI=1S/C16H27N3O/c1-11(2)12-4-6-13(7-5-12)14-18-15(20-19-14)16(3)8-9-17-10-16/h11-13,17H,4-10H2,1-3H3. The summed E-state index contributed by atoms with van der Waals surface area (Å²) in [7, 11) is 0. The predicted octanol–water partition coefficient (Wildman–Crippen LogP) is 3.25. The normalized spacial score (nSPS) is 34.8. The molecule has 0 amide bonds. The highest BCUT2D eigenvalue weighted by Crippen LogP contribution is 2.38. The fourth-order valence-corrected chi connectivity index (χ4v) is 3.69. The van der Waals surface area contributed by atoms with Gasteiger partial charge in [0.2, 0.25) is 5.89 Å². The second-order valence-corrected chi connectivity index (χ2v) is 7.30. The van der Waals surface area contributed by atoms with Crippen LogP contribution in [0.5, 0.6) is 0 Å². The van der Waals surface area contributed by atoms with E-state index in [4.69, 9.17) is 9.51 Å². The van der Waals surface area contributed by atoms with E-state index in [1.54, 1.807) is 0 Å². The molecular formula is C16H27N3O. The van der Waals surface area contributed by atoms with Gasteiger partial charge in [0.05, 0.1) is 5.41 Å². The Morgan fingerprint density at radius 1 is 1.25 bits per heavy atom. The molecule has 4 nitrogen and oxygen atoms in total. The molecule has 2 fully saturated rings. The summed E-state index contributed by atoms with van der Waals surface area (Å²) in [5.74, 6) is 3.99. The SMILES string of the molecule is CC(C)C1CCC(c2noc(C3(C)CCNC3)n2)CC1. The highest BCUT2D eigenvalue weighted by atomic mass is 16.5. The average Bonchev–Trinajstić information content (AvgIpc) is 3.08. The van der Waals surface area contributed by atoms with Gasteiger partial charge in [-0.05, 0) is 57.4 Å². The lowest BCUT2D eigenvalue weighted by atomic mass is 9.77. The first-order valence-electron chi connectivity index (χ1n) is 8.13. The van der Waals surface area contributed by atoms with Crippen LogP contribution in [0.4, 0.5) is 0 Å². The molecule has 1 N–H and O–H groups in total. The molecule has 1 saturated heterocycles. The third-order valence-electron chi connectivity index (χ3n) is 5.41. The number of nitrogens with one attached hydrogen (secondary N) is 1. The molecule has 20 heavy (non-hydrogen) atoms. The van der Waals surface area contributed by atoms with E-state index in [9.17, 15) is 0 Å². The molecule has 1 aliphatic carbocycles. The van der Waals surface area contributed by atoms with Crippen LogP contribution in [-0.2, 0) is 5.41 Å². The van der Waals surface area contributed by atoms with Crippen molar-refractivity contribution < 1.29 is 4.52 Å². The summed E-state index contributed by atoms with van der Waals surface area (Å²) in [6.07, 6.45) is 6.15. The van der Waals surface area contributed by atoms with Gasteiger partial charge >= 0.3 is 0 Å².